The molecule has 0 radical (unpaired) electrons. The van der Waals surface area contributed by atoms with Crippen molar-refractivity contribution in [2.75, 3.05) is 41.7 Å². The van der Waals surface area contributed by atoms with Gasteiger partial charge in [-0.15, -0.1) is 0 Å². The standard InChI is InChI=1S/C42H44N2O12/c1-51-31-17-15-27(21-33(31)53-3)37(45)35(39(47)43-29(23-55-41(43)49)19-25-11-7-5-8-12-25)36(38(46)28-16-18-32(52-2)34(22-28)54-4)40(48)44-30(24-56-42(44)50)20-26-13-9-6-10-14-26/h5-18,21-22,29-30,35-38,45-46H,19-20,23-24H2,1-4H3/t29-,30-,35-,36-,37+,38+/m0/s1. The molecule has 56 heavy (non-hydrogen) atoms. The van der Waals surface area contributed by atoms with E-state index in [1.165, 1.54) is 64.8 Å². The van der Waals surface area contributed by atoms with Crippen LogP contribution in [0.4, 0.5) is 9.59 Å². The van der Waals surface area contributed by atoms with E-state index in [-0.39, 0.29) is 48.7 Å². The highest BCUT2D eigenvalue weighted by atomic mass is 16.6. The second-order valence-electron chi connectivity index (χ2n) is 13.4. The number of cyclic esters (lactones) is 2. The van der Waals surface area contributed by atoms with E-state index in [0.29, 0.717) is 11.5 Å². The normalized spacial score (nSPS) is 18.7. The van der Waals surface area contributed by atoms with E-state index in [4.69, 9.17) is 28.4 Å². The minimum Gasteiger partial charge on any atom is -0.493 e. The lowest BCUT2D eigenvalue weighted by atomic mass is 9.76. The maximum absolute atomic E-state index is 15.2. The van der Waals surface area contributed by atoms with Crippen LogP contribution in [0, 0.1) is 11.8 Å². The Morgan fingerprint density at radius 1 is 0.589 bits per heavy atom. The van der Waals surface area contributed by atoms with Gasteiger partial charge in [-0.05, 0) is 59.4 Å². The molecule has 0 aliphatic carbocycles. The predicted octanol–water partition coefficient (Wildman–Crippen LogP) is 4.90. The van der Waals surface area contributed by atoms with Gasteiger partial charge >= 0.3 is 12.2 Å². The fourth-order valence-electron chi connectivity index (χ4n) is 7.31. The average molecular weight is 769 g/mol. The van der Waals surface area contributed by atoms with Gasteiger partial charge in [0.15, 0.2) is 23.0 Å². The van der Waals surface area contributed by atoms with Gasteiger partial charge in [0.1, 0.15) is 13.2 Å². The number of carbonyl (C=O) groups is 4. The van der Waals surface area contributed by atoms with E-state index < -0.39 is 60.1 Å². The number of aliphatic hydroxyl groups is 2. The van der Waals surface area contributed by atoms with Crippen LogP contribution in [0.2, 0.25) is 0 Å². The molecular formula is C42H44N2O12. The first-order chi connectivity index (χ1) is 27.1. The Hall–Kier alpha value is -6.12. The molecule has 14 heteroatoms. The van der Waals surface area contributed by atoms with Crippen molar-refractivity contribution in [3.63, 3.8) is 0 Å². The molecule has 2 heterocycles. The predicted molar refractivity (Wildman–Crippen MR) is 200 cm³/mol. The first-order valence-electron chi connectivity index (χ1n) is 18.0. The van der Waals surface area contributed by atoms with E-state index in [2.05, 4.69) is 0 Å². The number of benzene rings is 4. The molecule has 0 bridgehead atoms. The fraction of sp³-hybridized carbons (Fsp3) is 0.333. The largest absolute Gasteiger partial charge is 0.493 e. The summed E-state index contributed by atoms with van der Waals surface area (Å²) in [6.45, 7) is -0.319. The highest BCUT2D eigenvalue weighted by Crippen LogP contribution is 2.43. The van der Waals surface area contributed by atoms with Crippen molar-refractivity contribution in [2.45, 2.75) is 37.1 Å². The second kappa shape index (κ2) is 17.6. The summed E-state index contributed by atoms with van der Waals surface area (Å²) in [5.41, 5.74) is 1.78. The number of rotatable bonds is 15. The number of amides is 4. The molecule has 4 aromatic carbocycles. The number of hydrogen-bond acceptors (Lipinski definition) is 12. The van der Waals surface area contributed by atoms with Crippen LogP contribution in [0.3, 0.4) is 0 Å². The second-order valence-corrected chi connectivity index (χ2v) is 13.4. The fourth-order valence-corrected chi connectivity index (χ4v) is 7.31. The zero-order chi connectivity index (χ0) is 39.9. The van der Waals surface area contributed by atoms with Crippen molar-refractivity contribution >= 4 is 24.0 Å². The van der Waals surface area contributed by atoms with Gasteiger partial charge in [-0.2, -0.15) is 0 Å². The number of carbonyl (C=O) groups excluding carboxylic acids is 4. The Labute approximate surface area is 324 Å². The Morgan fingerprint density at radius 3 is 1.29 bits per heavy atom. The van der Waals surface area contributed by atoms with E-state index in [1.54, 1.807) is 0 Å². The Kier molecular flexibility index (Phi) is 12.4. The minimum atomic E-state index is -1.90. The van der Waals surface area contributed by atoms with Crippen LogP contribution < -0.4 is 18.9 Å². The third kappa shape index (κ3) is 8.11. The Morgan fingerprint density at radius 2 is 0.946 bits per heavy atom. The number of aliphatic hydroxyl groups excluding tert-OH is 2. The smallest absolute Gasteiger partial charge is 0.416 e. The first kappa shape index (κ1) is 39.6. The molecule has 4 amide bonds. The van der Waals surface area contributed by atoms with E-state index >= 15 is 9.59 Å². The number of imide groups is 2. The molecule has 4 aromatic rings. The summed E-state index contributed by atoms with van der Waals surface area (Å²) in [6, 6.07) is 25.4. The molecule has 14 nitrogen and oxygen atoms in total. The Balaban J connectivity index is 1.52. The minimum absolute atomic E-state index is 0.0929. The summed E-state index contributed by atoms with van der Waals surface area (Å²) in [5.74, 6) is -4.80. The van der Waals surface area contributed by atoms with E-state index in [9.17, 15) is 19.8 Å². The van der Waals surface area contributed by atoms with Gasteiger partial charge in [0.25, 0.3) is 0 Å². The summed E-state index contributed by atoms with van der Waals surface area (Å²) in [4.78, 5) is 59.2. The number of ether oxygens (including phenoxy) is 6. The molecule has 2 N–H and O–H groups in total. The molecule has 0 spiro atoms. The third-order valence-electron chi connectivity index (χ3n) is 10.2. The van der Waals surface area contributed by atoms with Gasteiger partial charge < -0.3 is 38.6 Å². The van der Waals surface area contributed by atoms with E-state index in [0.717, 1.165) is 20.9 Å². The van der Waals surface area contributed by atoms with Crippen molar-refractivity contribution in [2.24, 2.45) is 11.8 Å². The summed E-state index contributed by atoms with van der Waals surface area (Å²) < 4.78 is 32.6. The quantitative estimate of drug-likeness (QED) is 0.168. The van der Waals surface area contributed by atoms with Gasteiger partial charge in [0, 0.05) is 0 Å². The lowest BCUT2D eigenvalue weighted by molar-refractivity contribution is -0.155. The van der Waals surface area contributed by atoms with Crippen molar-refractivity contribution in [3.8, 4) is 23.0 Å². The van der Waals surface area contributed by atoms with Crippen LogP contribution in [0.5, 0.6) is 23.0 Å². The average Bonchev–Trinajstić information content (AvgIpc) is 3.78. The van der Waals surface area contributed by atoms with Crippen LogP contribution in [0.25, 0.3) is 0 Å². The molecule has 2 saturated heterocycles. The SMILES string of the molecule is COc1ccc([C@@H](O)[C@@H](C(=O)N2C(=O)OC[C@@H]2Cc2ccccc2)[C@H](C(=O)N2C(=O)OC[C@@H]2Cc2ccccc2)[C@H](O)c2ccc(OC)c(OC)c2)cc1OC. The molecule has 2 fully saturated rings. The number of nitrogens with zero attached hydrogens (tertiary/aromatic N) is 2. The summed E-state index contributed by atoms with van der Waals surface area (Å²) >= 11 is 0. The molecule has 0 unspecified atom stereocenters. The highest BCUT2D eigenvalue weighted by Gasteiger charge is 2.53. The molecular weight excluding hydrogens is 724 g/mol. The maximum Gasteiger partial charge on any atom is 0.416 e. The maximum atomic E-state index is 15.2. The third-order valence-corrected chi connectivity index (χ3v) is 10.2. The van der Waals surface area contributed by atoms with Crippen LogP contribution in [0.1, 0.15) is 34.5 Å². The van der Waals surface area contributed by atoms with Crippen LogP contribution in [-0.2, 0) is 31.9 Å². The van der Waals surface area contributed by atoms with Gasteiger partial charge in [-0.1, -0.05) is 72.8 Å². The zero-order valence-electron chi connectivity index (χ0n) is 31.4. The van der Waals surface area contributed by atoms with Crippen LogP contribution >= 0.6 is 0 Å². The van der Waals surface area contributed by atoms with E-state index in [1.807, 2.05) is 60.7 Å². The summed E-state index contributed by atoms with van der Waals surface area (Å²) in [7, 11) is 5.65. The van der Waals surface area contributed by atoms with Crippen LogP contribution in [-0.4, -0.2) is 97.8 Å². The van der Waals surface area contributed by atoms with Crippen molar-refractivity contribution in [1.82, 2.24) is 9.80 Å². The first-order valence-corrected chi connectivity index (χ1v) is 18.0. The van der Waals surface area contributed by atoms with Gasteiger partial charge in [0.2, 0.25) is 11.8 Å². The van der Waals surface area contributed by atoms with Crippen molar-refractivity contribution < 1.29 is 57.8 Å². The molecule has 6 rings (SSSR count). The zero-order valence-corrected chi connectivity index (χ0v) is 31.4. The van der Waals surface area contributed by atoms with Crippen molar-refractivity contribution in [3.05, 3.63) is 119 Å². The van der Waals surface area contributed by atoms with Gasteiger partial charge in [0.05, 0.1) is 64.6 Å². The lowest BCUT2D eigenvalue weighted by Crippen LogP contribution is -2.53. The monoisotopic (exact) mass is 768 g/mol. The van der Waals surface area contributed by atoms with Crippen LogP contribution in [0.15, 0.2) is 97.1 Å². The number of methoxy groups -OCH3 is 4. The molecule has 6 atom stereocenters. The molecule has 0 saturated carbocycles. The number of hydrogen-bond donors (Lipinski definition) is 2. The van der Waals surface area contributed by atoms with Crippen molar-refractivity contribution in [1.29, 1.82) is 0 Å². The molecule has 2 aliphatic heterocycles. The summed E-state index contributed by atoms with van der Waals surface area (Å²) in [6.07, 6.45) is -5.33. The van der Waals surface area contributed by atoms with Gasteiger partial charge in [-0.25, -0.2) is 19.4 Å². The lowest BCUT2D eigenvalue weighted by Gasteiger charge is -2.37. The van der Waals surface area contributed by atoms with Gasteiger partial charge in [-0.3, -0.25) is 9.59 Å². The molecule has 0 aromatic heterocycles. The topological polar surface area (TPSA) is 171 Å². The highest BCUT2D eigenvalue weighted by molar-refractivity contribution is 6.01. The Bertz CT molecular complexity index is 1880. The molecule has 294 valence electrons. The summed E-state index contributed by atoms with van der Waals surface area (Å²) in [5, 5.41) is 24.9. The molecule has 2 aliphatic rings.